The Bertz CT molecular complexity index is 640. The molecule has 3 nitrogen and oxygen atoms in total. The van der Waals surface area contributed by atoms with Gasteiger partial charge < -0.3 is 0 Å². The van der Waals surface area contributed by atoms with E-state index < -0.39 is 65.3 Å². The number of hydrogen-bond donors (Lipinski definition) is 0. The van der Waals surface area contributed by atoms with Gasteiger partial charge in [0.05, 0.1) is 0 Å². The van der Waals surface area contributed by atoms with Crippen LogP contribution >= 0.6 is 20.6 Å². The van der Waals surface area contributed by atoms with E-state index in [0.29, 0.717) is 13.0 Å². The van der Waals surface area contributed by atoms with Gasteiger partial charge in [0.2, 0.25) is 0 Å². The van der Waals surface area contributed by atoms with Crippen molar-refractivity contribution >= 4 is 26.6 Å². The van der Waals surface area contributed by atoms with Gasteiger partial charge in [0.1, 0.15) is 0 Å². The van der Waals surface area contributed by atoms with Crippen LogP contribution in [0.15, 0.2) is 12.1 Å². The van der Waals surface area contributed by atoms with E-state index in [1.54, 1.807) is 0 Å². The first kappa shape index (κ1) is 18.2. The zero-order chi connectivity index (χ0) is 17.8. The van der Waals surface area contributed by atoms with E-state index in [-0.39, 0.29) is 6.07 Å². The van der Waals surface area contributed by atoms with Crippen molar-refractivity contribution in [3.05, 3.63) is 32.9 Å². The van der Waals surface area contributed by atoms with E-state index in [4.69, 9.17) is 0 Å². The second-order valence-corrected chi connectivity index (χ2v) is 7.46. The molecule has 0 bridgehead atoms. The van der Waals surface area contributed by atoms with Crippen molar-refractivity contribution in [3.8, 4) is 0 Å². The molecule has 0 saturated carbocycles. The summed E-state index contributed by atoms with van der Waals surface area (Å²) in [6.07, 6.45) is -12.3. The van der Waals surface area contributed by atoms with Crippen LogP contribution in [0.1, 0.15) is 12.5 Å². The van der Waals surface area contributed by atoms with Gasteiger partial charge in [-0.2, -0.15) is 0 Å². The van der Waals surface area contributed by atoms with E-state index in [0.717, 1.165) is 0 Å². The van der Waals surface area contributed by atoms with Crippen molar-refractivity contribution in [2.45, 2.75) is 24.9 Å². The summed E-state index contributed by atoms with van der Waals surface area (Å²) < 4.78 is 114. The van der Waals surface area contributed by atoms with Crippen molar-refractivity contribution in [2.75, 3.05) is 0 Å². The number of hydrogen-bond acceptors (Lipinski definition) is 3. The van der Waals surface area contributed by atoms with Crippen LogP contribution in [0.2, 0.25) is 0 Å². The number of carbonyl (C=O) groups is 1. The van der Waals surface area contributed by atoms with Crippen LogP contribution in [0.5, 0.6) is 0 Å². The fourth-order valence-electron chi connectivity index (χ4n) is 1.87. The third-order valence-corrected chi connectivity index (χ3v) is 6.73. The average molecular weight is 464 g/mol. The molecule has 2 rings (SSSR count). The molecular weight excluding hydrogens is 459 g/mol. The average Bonchev–Trinajstić information content (AvgIpc) is 2.69. The van der Waals surface area contributed by atoms with Crippen molar-refractivity contribution in [2.24, 2.45) is 0 Å². The third kappa shape index (κ3) is 2.64. The van der Waals surface area contributed by atoms with E-state index in [2.05, 4.69) is 6.13 Å². The van der Waals surface area contributed by atoms with E-state index in [1.165, 1.54) is 0 Å². The fraction of sp³-hybridized carbons (Fsp3) is 0.364. The molecular formula is C11H5F8IO3. The van der Waals surface area contributed by atoms with Crippen LogP contribution < -0.4 is 0 Å². The molecule has 0 radical (unpaired) electrons. The zero-order valence-electron chi connectivity index (χ0n) is 10.8. The van der Waals surface area contributed by atoms with Gasteiger partial charge >= 0.3 is 130 Å². The Kier molecular flexibility index (Phi) is 4.29. The minimum absolute atomic E-state index is 0.122. The molecule has 12 heteroatoms. The predicted molar refractivity (Wildman–Crippen MR) is 65.7 cm³/mol. The Balaban J connectivity index is 2.85. The molecule has 0 spiro atoms. The van der Waals surface area contributed by atoms with E-state index in [9.17, 15) is 39.9 Å². The van der Waals surface area contributed by atoms with Crippen molar-refractivity contribution in [1.82, 2.24) is 0 Å². The minimum atomic E-state index is -6.15. The summed E-state index contributed by atoms with van der Waals surface area (Å²) >= 11 is -4.54. The molecule has 1 aliphatic heterocycles. The fourth-order valence-corrected chi connectivity index (χ4v) is 5.96. The van der Waals surface area contributed by atoms with Crippen LogP contribution in [0.3, 0.4) is 0 Å². The molecule has 1 aromatic rings. The van der Waals surface area contributed by atoms with Gasteiger partial charge in [0.25, 0.3) is 0 Å². The second kappa shape index (κ2) is 5.43. The Morgan fingerprint density at radius 1 is 1.09 bits per heavy atom. The molecule has 0 unspecified atom stereocenters. The molecule has 1 heterocycles. The van der Waals surface area contributed by atoms with Crippen LogP contribution in [-0.2, 0) is 16.5 Å². The van der Waals surface area contributed by atoms with Crippen molar-refractivity contribution < 1.29 is 46.1 Å². The second-order valence-electron chi connectivity index (χ2n) is 4.26. The number of alkyl halides is 6. The summed E-state index contributed by atoms with van der Waals surface area (Å²) in [4.78, 5) is 10.9. The number of carbonyl (C=O) groups excluding carboxylic acids is 1. The SMILES string of the molecule is CC(=O)OI1OC(C(F)(F)F)(C(F)(F)F)c2c(F)ccc(F)c21. The van der Waals surface area contributed by atoms with Gasteiger partial charge in [-0.3, -0.25) is 0 Å². The molecule has 0 atom stereocenters. The Morgan fingerprint density at radius 3 is 2.00 bits per heavy atom. The van der Waals surface area contributed by atoms with E-state index >= 15 is 0 Å². The number of fused-ring (bicyclic) bond motifs is 1. The summed E-state index contributed by atoms with van der Waals surface area (Å²) in [5.41, 5.74) is -7.12. The van der Waals surface area contributed by atoms with Crippen LogP contribution in [0.25, 0.3) is 0 Å². The predicted octanol–water partition coefficient (Wildman–Crippen LogP) is 4.38. The third-order valence-electron chi connectivity index (χ3n) is 2.71. The molecule has 0 amide bonds. The van der Waals surface area contributed by atoms with Crippen LogP contribution in [0.4, 0.5) is 35.1 Å². The molecule has 0 aromatic heterocycles. The van der Waals surface area contributed by atoms with Gasteiger partial charge in [-0.25, -0.2) is 0 Å². The Hall–Kier alpha value is -1.18. The maximum atomic E-state index is 13.8. The quantitative estimate of drug-likeness (QED) is 0.352. The number of halogens is 9. The molecule has 0 saturated heterocycles. The van der Waals surface area contributed by atoms with Gasteiger partial charge in [-0.15, -0.1) is 0 Å². The first-order valence-electron chi connectivity index (χ1n) is 5.53. The summed E-state index contributed by atoms with van der Waals surface area (Å²) in [5.74, 6) is -4.80. The molecule has 0 fully saturated rings. The van der Waals surface area contributed by atoms with E-state index in [1.807, 2.05) is 0 Å². The normalized spacial score (nSPS) is 18.7. The maximum absolute atomic E-state index is 13.8. The van der Waals surface area contributed by atoms with Gasteiger partial charge in [0.15, 0.2) is 0 Å². The molecule has 1 aromatic carbocycles. The number of rotatable bonds is 1. The van der Waals surface area contributed by atoms with Gasteiger partial charge in [-0.05, 0) is 0 Å². The molecule has 1 aliphatic rings. The standard InChI is InChI=1S/C11H5F8IO3/c1-4(21)22-20-8-6(13)3-2-5(12)7(8)9(23-20,10(14,15)16)11(17,18)19/h2-3H,1H3. The van der Waals surface area contributed by atoms with Gasteiger partial charge in [0, 0.05) is 0 Å². The summed E-state index contributed by atoms with van der Waals surface area (Å²) in [6, 6.07) is 0.464. The van der Waals surface area contributed by atoms with Gasteiger partial charge in [-0.1, -0.05) is 0 Å². The first-order valence-corrected chi connectivity index (χ1v) is 8.37. The Morgan fingerprint density at radius 2 is 1.57 bits per heavy atom. The molecule has 0 aliphatic carbocycles. The van der Waals surface area contributed by atoms with Crippen molar-refractivity contribution in [1.29, 1.82) is 0 Å². The Labute approximate surface area is 131 Å². The summed E-state index contributed by atoms with van der Waals surface area (Å²) in [6.45, 7) is 0.693. The monoisotopic (exact) mass is 464 g/mol. The topological polar surface area (TPSA) is 35.5 Å². The van der Waals surface area contributed by atoms with Crippen LogP contribution in [-0.4, -0.2) is 18.3 Å². The zero-order valence-corrected chi connectivity index (χ0v) is 12.9. The summed E-state index contributed by atoms with van der Waals surface area (Å²) in [5, 5.41) is 0. The molecule has 23 heavy (non-hydrogen) atoms. The van der Waals surface area contributed by atoms with Crippen LogP contribution in [0, 0.1) is 15.2 Å². The first-order chi connectivity index (χ1) is 10.3. The number of benzene rings is 1. The van der Waals surface area contributed by atoms with Crippen molar-refractivity contribution in [3.63, 3.8) is 0 Å². The summed E-state index contributed by atoms with van der Waals surface area (Å²) in [7, 11) is 0. The molecule has 130 valence electrons. The molecule has 0 N–H and O–H groups in total.